The molecule has 0 bridgehead atoms. The summed E-state index contributed by atoms with van der Waals surface area (Å²) in [7, 11) is 1.56. The minimum atomic E-state index is -0.249. The van der Waals surface area contributed by atoms with Crippen LogP contribution in [0.25, 0.3) is 10.9 Å². The zero-order valence-electron chi connectivity index (χ0n) is 11.3. The first-order valence-corrected chi connectivity index (χ1v) is 6.78. The summed E-state index contributed by atoms with van der Waals surface area (Å²) in [5.41, 5.74) is 1.91. The number of nitrogens with one attached hydrogen (secondary N) is 2. The minimum absolute atomic E-state index is 0.249. The summed E-state index contributed by atoms with van der Waals surface area (Å²) in [4.78, 5) is 15.4. The number of H-pyrrole nitrogens is 1. The summed E-state index contributed by atoms with van der Waals surface area (Å²) in [5, 5.41) is 4.22. The summed E-state index contributed by atoms with van der Waals surface area (Å²) in [6, 6.07) is 14.6. The second kappa shape index (κ2) is 5.50. The molecule has 0 aliphatic rings. The highest BCUT2D eigenvalue weighted by Gasteiger charge is 2.12. The molecule has 4 nitrogen and oxygen atoms in total. The van der Waals surface area contributed by atoms with E-state index in [0.29, 0.717) is 22.2 Å². The highest BCUT2D eigenvalue weighted by atomic mass is 35.5. The van der Waals surface area contributed by atoms with Crippen molar-refractivity contribution >= 4 is 34.1 Å². The fraction of sp³-hybridized carbons (Fsp3) is 0.0625. The van der Waals surface area contributed by atoms with E-state index in [-0.39, 0.29) is 5.91 Å². The van der Waals surface area contributed by atoms with E-state index in [2.05, 4.69) is 10.3 Å². The van der Waals surface area contributed by atoms with Crippen LogP contribution in [0, 0.1) is 0 Å². The molecule has 0 unspecified atom stereocenters. The van der Waals surface area contributed by atoms with Gasteiger partial charge in [-0.15, -0.1) is 0 Å². The van der Waals surface area contributed by atoms with Gasteiger partial charge in [-0.2, -0.15) is 0 Å². The Bertz CT molecular complexity index is 778. The van der Waals surface area contributed by atoms with Crippen LogP contribution < -0.4 is 10.1 Å². The average molecular weight is 301 g/mol. The standard InChI is InChI=1S/C16H13ClN2O2/c1-21-11-6-7-12(17)14(9-11)19-16(20)15-8-10-4-2-3-5-13(10)18-15/h2-9,18H,1H3,(H,19,20). The van der Waals surface area contributed by atoms with E-state index in [0.717, 1.165) is 10.9 Å². The summed E-state index contributed by atoms with van der Waals surface area (Å²) in [6.07, 6.45) is 0. The first-order valence-electron chi connectivity index (χ1n) is 6.40. The van der Waals surface area contributed by atoms with Crippen LogP contribution in [0.2, 0.25) is 5.02 Å². The molecule has 0 radical (unpaired) electrons. The molecule has 0 spiro atoms. The van der Waals surface area contributed by atoms with E-state index in [1.165, 1.54) is 0 Å². The van der Waals surface area contributed by atoms with Gasteiger partial charge < -0.3 is 15.0 Å². The van der Waals surface area contributed by atoms with Crippen molar-refractivity contribution in [2.24, 2.45) is 0 Å². The molecule has 0 fully saturated rings. The number of aromatic amines is 1. The molecule has 2 N–H and O–H groups in total. The van der Waals surface area contributed by atoms with Gasteiger partial charge in [0.2, 0.25) is 0 Å². The van der Waals surface area contributed by atoms with Crippen molar-refractivity contribution in [3.05, 3.63) is 59.2 Å². The number of para-hydroxylation sites is 1. The topological polar surface area (TPSA) is 54.1 Å². The van der Waals surface area contributed by atoms with Crippen molar-refractivity contribution in [3.8, 4) is 5.75 Å². The largest absolute Gasteiger partial charge is 0.497 e. The number of anilines is 1. The van der Waals surface area contributed by atoms with Gasteiger partial charge >= 0.3 is 0 Å². The molecule has 0 saturated carbocycles. The third-order valence-corrected chi connectivity index (χ3v) is 3.53. The quantitative estimate of drug-likeness (QED) is 0.765. The molecule has 3 rings (SSSR count). The number of methoxy groups -OCH3 is 1. The van der Waals surface area contributed by atoms with Crippen LogP contribution in [0.4, 0.5) is 5.69 Å². The molecule has 3 aromatic rings. The molecule has 21 heavy (non-hydrogen) atoms. The SMILES string of the molecule is COc1ccc(Cl)c(NC(=O)c2cc3ccccc3[nH]2)c1. The van der Waals surface area contributed by atoms with E-state index in [1.807, 2.05) is 24.3 Å². The molecular weight excluding hydrogens is 288 g/mol. The Kier molecular flexibility index (Phi) is 3.54. The molecule has 0 aliphatic heterocycles. The second-order valence-electron chi connectivity index (χ2n) is 4.57. The van der Waals surface area contributed by atoms with E-state index in [9.17, 15) is 4.79 Å². The summed E-state index contributed by atoms with van der Waals surface area (Å²) in [5.74, 6) is 0.382. The fourth-order valence-corrected chi connectivity index (χ4v) is 2.28. The van der Waals surface area contributed by atoms with Crippen molar-refractivity contribution in [1.82, 2.24) is 4.98 Å². The predicted molar refractivity (Wildman–Crippen MR) is 84.3 cm³/mol. The molecule has 0 atom stereocenters. The number of benzene rings is 2. The number of carbonyl (C=O) groups excluding carboxylic acids is 1. The number of fused-ring (bicyclic) bond motifs is 1. The van der Waals surface area contributed by atoms with Gasteiger partial charge in [-0.05, 0) is 24.3 Å². The lowest BCUT2D eigenvalue weighted by molar-refractivity contribution is 0.102. The third-order valence-electron chi connectivity index (χ3n) is 3.20. The molecule has 0 aliphatic carbocycles. The third kappa shape index (κ3) is 2.71. The van der Waals surface area contributed by atoms with Crippen LogP contribution in [0.5, 0.6) is 5.75 Å². The van der Waals surface area contributed by atoms with E-state index in [4.69, 9.17) is 16.3 Å². The maximum absolute atomic E-state index is 12.3. The van der Waals surface area contributed by atoms with Gasteiger partial charge in [0, 0.05) is 17.0 Å². The van der Waals surface area contributed by atoms with Crippen LogP contribution in [-0.2, 0) is 0 Å². The van der Waals surface area contributed by atoms with Gasteiger partial charge in [-0.1, -0.05) is 29.8 Å². The van der Waals surface area contributed by atoms with Crippen LogP contribution in [0.3, 0.4) is 0 Å². The van der Waals surface area contributed by atoms with Gasteiger partial charge in [0.1, 0.15) is 11.4 Å². The van der Waals surface area contributed by atoms with Gasteiger partial charge in [0.05, 0.1) is 17.8 Å². The van der Waals surface area contributed by atoms with Crippen molar-refractivity contribution in [3.63, 3.8) is 0 Å². The summed E-state index contributed by atoms with van der Waals surface area (Å²) >= 11 is 6.08. The average Bonchev–Trinajstić information content (AvgIpc) is 2.93. The first-order chi connectivity index (χ1) is 10.2. The van der Waals surface area contributed by atoms with Crippen LogP contribution in [0.1, 0.15) is 10.5 Å². The Hall–Kier alpha value is -2.46. The number of amides is 1. The van der Waals surface area contributed by atoms with Crippen molar-refractivity contribution < 1.29 is 9.53 Å². The molecule has 1 amide bonds. The number of ether oxygens (including phenoxy) is 1. The van der Waals surface area contributed by atoms with Gasteiger partial charge in [-0.3, -0.25) is 4.79 Å². The summed E-state index contributed by atoms with van der Waals surface area (Å²) < 4.78 is 5.13. The predicted octanol–water partition coefficient (Wildman–Crippen LogP) is 4.08. The number of halogens is 1. The van der Waals surface area contributed by atoms with Gasteiger partial charge in [-0.25, -0.2) is 0 Å². The first kappa shape index (κ1) is 13.5. The zero-order valence-corrected chi connectivity index (χ0v) is 12.1. The molecular formula is C16H13ClN2O2. The number of aromatic nitrogens is 1. The van der Waals surface area contributed by atoms with Crippen LogP contribution >= 0.6 is 11.6 Å². The van der Waals surface area contributed by atoms with Crippen molar-refractivity contribution in [1.29, 1.82) is 0 Å². The lowest BCUT2D eigenvalue weighted by atomic mass is 10.2. The molecule has 0 saturated heterocycles. The number of carbonyl (C=O) groups is 1. The minimum Gasteiger partial charge on any atom is -0.497 e. The van der Waals surface area contributed by atoms with Crippen molar-refractivity contribution in [2.75, 3.05) is 12.4 Å². The molecule has 1 heterocycles. The molecule has 2 aromatic carbocycles. The van der Waals surface area contributed by atoms with Crippen LogP contribution in [-0.4, -0.2) is 18.0 Å². The lowest BCUT2D eigenvalue weighted by Gasteiger charge is -2.08. The van der Waals surface area contributed by atoms with Crippen LogP contribution in [0.15, 0.2) is 48.5 Å². The Morgan fingerprint density at radius 1 is 1.19 bits per heavy atom. The Labute approximate surface area is 126 Å². The normalized spacial score (nSPS) is 10.6. The molecule has 106 valence electrons. The molecule has 5 heteroatoms. The Morgan fingerprint density at radius 2 is 2.00 bits per heavy atom. The van der Waals surface area contributed by atoms with E-state index >= 15 is 0 Å². The number of hydrogen-bond acceptors (Lipinski definition) is 2. The Morgan fingerprint density at radius 3 is 2.76 bits per heavy atom. The Balaban J connectivity index is 1.89. The number of hydrogen-bond donors (Lipinski definition) is 2. The summed E-state index contributed by atoms with van der Waals surface area (Å²) in [6.45, 7) is 0. The van der Waals surface area contributed by atoms with Crippen molar-refractivity contribution in [2.45, 2.75) is 0 Å². The second-order valence-corrected chi connectivity index (χ2v) is 4.98. The molecule has 1 aromatic heterocycles. The monoisotopic (exact) mass is 300 g/mol. The zero-order chi connectivity index (χ0) is 14.8. The fourth-order valence-electron chi connectivity index (χ4n) is 2.11. The smallest absolute Gasteiger partial charge is 0.272 e. The van der Waals surface area contributed by atoms with Gasteiger partial charge in [0.15, 0.2) is 0 Å². The highest BCUT2D eigenvalue weighted by Crippen LogP contribution is 2.27. The highest BCUT2D eigenvalue weighted by molar-refractivity contribution is 6.34. The van der Waals surface area contributed by atoms with E-state index < -0.39 is 0 Å². The number of rotatable bonds is 3. The van der Waals surface area contributed by atoms with Gasteiger partial charge in [0.25, 0.3) is 5.91 Å². The maximum atomic E-state index is 12.3. The van der Waals surface area contributed by atoms with E-state index in [1.54, 1.807) is 31.4 Å². The lowest BCUT2D eigenvalue weighted by Crippen LogP contribution is -2.12. The maximum Gasteiger partial charge on any atom is 0.272 e.